The molecule has 2 atom stereocenters. The van der Waals surface area contributed by atoms with Crippen molar-refractivity contribution in [3.05, 3.63) is 57.8 Å². The Bertz CT molecular complexity index is 638. The van der Waals surface area contributed by atoms with Crippen LogP contribution >= 0.6 is 11.3 Å². The number of rotatable bonds is 3. The third-order valence-corrected chi connectivity index (χ3v) is 4.95. The zero-order chi connectivity index (χ0) is 15.6. The maximum atomic E-state index is 11.5. The predicted octanol–water partition coefficient (Wildman–Crippen LogP) is 2.85. The molecule has 1 saturated heterocycles. The SMILES string of the molecule is COC(=O)c1ccc([C@@H]2CC(O)(c3ccsc3)CCN2)cc1. The minimum Gasteiger partial charge on any atom is -0.465 e. The molecule has 0 saturated carbocycles. The fourth-order valence-electron chi connectivity index (χ4n) is 2.96. The van der Waals surface area contributed by atoms with Gasteiger partial charge in [-0.2, -0.15) is 11.3 Å². The summed E-state index contributed by atoms with van der Waals surface area (Å²) in [6.07, 6.45) is 1.34. The lowest BCUT2D eigenvalue weighted by Gasteiger charge is -2.37. The van der Waals surface area contributed by atoms with Crippen LogP contribution in [0.4, 0.5) is 0 Å². The molecule has 0 spiro atoms. The van der Waals surface area contributed by atoms with E-state index in [2.05, 4.69) is 5.32 Å². The Labute approximate surface area is 133 Å². The Kier molecular flexibility index (Phi) is 4.29. The molecule has 0 bridgehead atoms. The highest BCUT2D eigenvalue weighted by Gasteiger charge is 2.36. The molecular weight excluding hydrogens is 298 g/mol. The average molecular weight is 317 g/mol. The summed E-state index contributed by atoms with van der Waals surface area (Å²) >= 11 is 1.60. The smallest absolute Gasteiger partial charge is 0.337 e. The van der Waals surface area contributed by atoms with Gasteiger partial charge in [-0.05, 0) is 59.5 Å². The number of thiophene rings is 1. The third kappa shape index (κ3) is 2.92. The van der Waals surface area contributed by atoms with Crippen molar-refractivity contribution in [2.45, 2.75) is 24.5 Å². The van der Waals surface area contributed by atoms with Crippen molar-refractivity contribution in [2.24, 2.45) is 0 Å². The molecule has 2 heterocycles. The third-order valence-electron chi connectivity index (χ3n) is 4.26. The van der Waals surface area contributed by atoms with E-state index in [9.17, 15) is 9.90 Å². The number of hydrogen-bond donors (Lipinski definition) is 2. The summed E-state index contributed by atoms with van der Waals surface area (Å²) in [5.41, 5.74) is 1.82. The number of piperidine rings is 1. The highest BCUT2D eigenvalue weighted by atomic mass is 32.1. The first-order valence-electron chi connectivity index (χ1n) is 7.29. The molecule has 22 heavy (non-hydrogen) atoms. The van der Waals surface area contributed by atoms with Crippen LogP contribution in [0.5, 0.6) is 0 Å². The summed E-state index contributed by atoms with van der Waals surface area (Å²) < 4.78 is 4.71. The minimum absolute atomic E-state index is 0.0744. The van der Waals surface area contributed by atoms with Crippen LogP contribution in [0.25, 0.3) is 0 Å². The summed E-state index contributed by atoms with van der Waals surface area (Å²) in [6.45, 7) is 0.760. The van der Waals surface area contributed by atoms with Gasteiger partial charge in [0.05, 0.1) is 18.3 Å². The molecule has 1 fully saturated rings. The van der Waals surface area contributed by atoms with Gasteiger partial charge in [-0.3, -0.25) is 0 Å². The molecular formula is C17H19NO3S. The molecule has 5 heteroatoms. The predicted molar refractivity (Wildman–Crippen MR) is 86.0 cm³/mol. The van der Waals surface area contributed by atoms with E-state index >= 15 is 0 Å². The van der Waals surface area contributed by atoms with Crippen molar-refractivity contribution in [1.29, 1.82) is 0 Å². The number of nitrogens with one attached hydrogen (secondary N) is 1. The number of ether oxygens (including phenoxy) is 1. The van der Waals surface area contributed by atoms with Gasteiger partial charge in [-0.15, -0.1) is 0 Å². The molecule has 1 aromatic heterocycles. The van der Waals surface area contributed by atoms with Gasteiger partial charge in [0.15, 0.2) is 0 Å². The van der Waals surface area contributed by atoms with Gasteiger partial charge >= 0.3 is 5.97 Å². The summed E-state index contributed by atoms with van der Waals surface area (Å²) in [7, 11) is 1.37. The molecule has 0 radical (unpaired) electrons. The van der Waals surface area contributed by atoms with Crippen molar-refractivity contribution in [3.8, 4) is 0 Å². The maximum Gasteiger partial charge on any atom is 0.337 e. The highest BCUT2D eigenvalue weighted by Crippen LogP contribution is 2.38. The van der Waals surface area contributed by atoms with E-state index in [-0.39, 0.29) is 12.0 Å². The quantitative estimate of drug-likeness (QED) is 0.855. The van der Waals surface area contributed by atoms with Gasteiger partial charge in [0, 0.05) is 6.04 Å². The zero-order valence-corrected chi connectivity index (χ0v) is 13.2. The van der Waals surface area contributed by atoms with E-state index in [0.29, 0.717) is 18.4 Å². The monoisotopic (exact) mass is 317 g/mol. The zero-order valence-electron chi connectivity index (χ0n) is 12.4. The summed E-state index contributed by atoms with van der Waals surface area (Å²) in [4.78, 5) is 11.5. The fraction of sp³-hybridized carbons (Fsp3) is 0.353. The van der Waals surface area contributed by atoms with Crippen LogP contribution in [-0.4, -0.2) is 24.7 Å². The van der Waals surface area contributed by atoms with E-state index in [1.807, 2.05) is 29.0 Å². The first-order chi connectivity index (χ1) is 10.6. The van der Waals surface area contributed by atoms with E-state index in [0.717, 1.165) is 17.7 Å². The van der Waals surface area contributed by atoms with Crippen molar-refractivity contribution in [1.82, 2.24) is 5.32 Å². The van der Waals surface area contributed by atoms with Crippen LogP contribution in [0.2, 0.25) is 0 Å². The van der Waals surface area contributed by atoms with Crippen LogP contribution in [-0.2, 0) is 10.3 Å². The first kappa shape index (κ1) is 15.2. The highest BCUT2D eigenvalue weighted by molar-refractivity contribution is 7.08. The van der Waals surface area contributed by atoms with Gasteiger partial charge in [-0.25, -0.2) is 4.79 Å². The van der Waals surface area contributed by atoms with Crippen molar-refractivity contribution in [2.75, 3.05) is 13.7 Å². The van der Waals surface area contributed by atoms with Gasteiger partial charge in [0.25, 0.3) is 0 Å². The summed E-state index contributed by atoms with van der Waals surface area (Å²) in [6, 6.07) is 9.44. The minimum atomic E-state index is -0.781. The first-order valence-corrected chi connectivity index (χ1v) is 8.23. The average Bonchev–Trinajstić information content (AvgIpc) is 3.10. The number of methoxy groups -OCH3 is 1. The molecule has 1 aromatic carbocycles. The van der Waals surface area contributed by atoms with Gasteiger partial charge < -0.3 is 15.2 Å². The molecule has 4 nitrogen and oxygen atoms in total. The number of carbonyl (C=O) groups excluding carboxylic acids is 1. The van der Waals surface area contributed by atoms with E-state index in [1.165, 1.54) is 7.11 Å². The lowest BCUT2D eigenvalue weighted by atomic mass is 9.81. The van der Waals surface area contributed by atoms with E-state index in [1.54, 1.807) is 23.5 Å². The lowest BCUT2D eigenvalue weighted by Crippen LogP contribution is -2.41. The van der Waals surface area contributed by atoms with Crippen LogP contribution in [0.3, 0.4) is 0 Å². The van der Waals surface area contributed by atoms with Crippen LogP contribution in [0.15, 0.2) is 41.1 Å². The number of carbonyl (C=O) groups is 1. The fourth-order valence-corrected chi connectivity index (χ4v) is 3.71. The largest absolute Gasteiger partial charge is 0.465 e. The Balaban J connectivity index is 1.79. The van der Waals surface area contributed by atoms with Gasteiger partial charge in [0.1, 0.15) is 0 Å². The Hall–Kier alpha value is -1.69. The Morgan fingerprint density at radius 1 is 1.36 bits per heavy atom. The molecule has 116 valence electrons. The molecule has 2 aromatic rings. The Morgan fingerprint density at radius 3 is 2.77 bits per heavy atom. The number of esters is 1. The second-order valence-electron chi connectivity index (χ2n) is 5.62. The second-order valence-corrected chi connectivity index (χ2v) is 6.40. The maximum absolute atomic E-state index is 11.5. The normalized spacial score (nSPS) is 24.9. The summed E-state index contributed by atoms with van der Waals surface area (Å²) in [5.74, 6) is -0.335. The summed E-state index contributed by atoms with van der Waals surface area (Å²) in [5, 5.41) is 18.4. The molecule has 0 aliphatic carbocycles. The van der Waals surface area contributed by atoms with Crippen molar-refractivity contribution in [3.63, 3.8) is 0 Å². The molecule has 0 amide bonds. The molecule has 1 aliphatic rings. The number of hydrogen-bond acceptors (Lipinski definition) is 5. The van der Waals surface area contributed by atoms with Gasteiger partial charge in [0.2, 0.25) is 0 Å². The van der Waals surface area contributed by atoms with E-state index < -0.39 is 5.60 Å². The van der Waals surface area contributed by atoms with Crippen LogP contribution in [0.1, 0.15) is 40.4 Å². The van der Waals surface area contributed by atoms with E-state index in [4.69, 9.17) is 4.74 Å². The molecule has 2 N–H and O–H groups in total. The second kappa shape index (κ2) is 6.20. The van der Waals surface area contributed by atoms with Crippen molar-refractivity contribution < 1.29 is 14.6 Å². The number of benzene rings is 1. The van der Waals surface area contributed by atoms with Gasteiger partial charge in [-0.1, -0.05) is 12.1 Å². The van der Waals surface area contributed by atoms with Crippen molar-refractivity contribution >= 4 is 17.3 Å². The lowest BCUT2D eigenvalue weighted by molar-refractivity contribution is -0.00907. The molecule has 1 aliphatic heterocycles. The number of aliphatic hydroxyl groups is 1. The topological polar surface area (TPSA) is 58.6 Å². The standard InChI is InChI=1S/C17H19NO3S/c1-21-16(19)13-4-2-12(3-5-13)15-10-17(20,7-8-18-15)14-6-9-22-11-14/h2-6,9,11,15,18,20H,7-8,10H2,1H3/t15-,17?/m0/s1. The molecule has 3 rings (SSSR count). The Morgan fingerprint density at radius 2 is 2.14 bits per heavy atom. The molecule has 1 unspecified atom stereocenters. The van der Waals surface area contributed by atoms with Crippen LogP contribution in [0, 0.1) is 0 Å². The van der Waals surface area contributed by atoms with Crippen LogP contribution < -0.4 is 5.32 Å².